The Hall–Kier alpha value is -0.0800. The summed E-state index contributed by atoms with van der Waals surface area (Å²) in [5.41, 5.74) is 0. The fourth-order valence-electron chi connectivity index (χ4n) is 0.889. The largest absolute Gasteiger partial charge is 0.390 e. The standard InChI is InChI=1S/C6H12O2/c1-2-6-5(7)3-4-8-6/h5-7H,2-4H2,1H3/t5?,6-/m1/s1/i4T/t4-,5?,6+/m0. The summed E-state index contributed by atoms with van der Waals surface area (Å²) in [7, 11) is 0. The molecule has 0 bridgehead atoms. The van der Waals surface area contributed by atoms with Crippen LogP contribution >= 0.6 is 0 Å². The highest BCUT2D eigenvalue weighted by molar-refractivity contribution is 4.72. The monoisotopic (exact) mass is 118 g/mol. The van der Waals surface area contributed by atoms with Crippen LogP contribution in [0.4, 0.5) is 0 Å². The molecule has 0 aromatic carbocycles. The van der Waals surface area contributed by atoms with Crippen LogP contribution in [0.15, 0.2) is 0 Å². The van der Waals surface area contributed by atoms with Gasteiger partial charge in [0.05, 0.1) is 13.6 Å². The molecule has 1 fully saturated rings. The summed E-state index contributed by atoms with van der Waals surface area (Å²) in [6.07, 6.45) is 0.777. The predicted molar refractivity (Wildman–Crippen MR) is 30.7 cm³/mol. The van der Waals surface area contributed by atoms with Gasteiger partial charge in [-0.1, -0.05) is 6.92 Å². The van der Waals surface area contributed by atoms with Crippen LogP contribution in [-0.4, -0.2) is 23.9 Å². The summed E-state index contributed by atoms with van der Waals surface area (Å²) < 4.78 is 12.2. The maximum Gasteiger partial charge on any atom is 0.0832 e. The third-order valence-corrected chi connectivity index (χ3v) is 1.44. The molecule has 0 aromatic rings. The predicted octanol–water partition coefficient (Wildman–Crippen LogP) is 0.546. The molecule has 2 heteroatoms. The molecule has 0 aliphatic carbocycles. The summed E-state index contributed by atoms with van der Waals surface area (Å²) in [6.45, 7) is 1.45. The van der Waals surface area contributed by atoms with E-state index in [4.69, 9.17) is 11.2 Å². The number of aliphatic hydroxyl groups is 1. The normalized spacial score (nSPS) is 49.2. The van der Waals surface area contributed by atoms with Crippen molar-refractivity contribution in [3.05, 3.63) is 0 Å². The van der Waals surface area contributed by atoms with Gasteiger partial charge in [-0.15, -0.1) is 0 Å². The van der Waals surface area contributed by atoms with Gasteiger partial charge in [-0.3, -0.25) is 0 Å². The average Bonchev–Trinajstić information content (AvgIpc) is 2.10. The molecular formula is C6H12O2. The summed E-state index contributed by atoms with van der Waals surface area (Å²) in [5.74, 6) is 0. The lowest BCUT2D eigenvalue weighted by molar-refractivity contribution is 0.0402. The van der Waals surface area contributed by atoms with Gasteiger partial charge in [-0.05, 0) is 12.8 Å². The fraction of sp³-hybridized carbons (Fsp3) is 1.00. The zero-order valence-electron chi connectivity index (χ0n) is 6.00. The van der Waals surface area contributed by atoms with Crippen LogP contribution in [0.3, 0.4) is 0 Å². The number of rotatable bonds is 1. The smallest absolute Gasteiger partial charge is 0.0832 e. The average molecular weight is 118 g/mol. The lowest BCUT2D eigenvalue weighted by atomic mass is 10.1. The molecule has 1 N–H and O–H groups in total. The van der Waals surface area contributed by atoms with Gasteiger partial charge in [0.1, 0.15) is 0 Å². The van der Waals surface area contributed by atoms with Gasteiger partial charge in [-0.2, -0.15) is 0 Å². The molecule has 3 atom stereocenters. The third-order valence-electron chi connectivity index (χ3n) is 1.44. The first-order chi connectivity index (χ1) is 4.24. The minimum atomic E-state index is -0.495. The molecule has 48 valence electrons. The Morgan fingerprint density at radius 2 is 2.75 bits per heavy atom. The fourth-order valence-corrected chi connectivity index (χ4v) is 0.889. The third kappa shape index (κ3) is 1.01. The molecule has 2 nitrogen and oxygen atoms in total. The maximum atomic E-state index is 9.11. The highest BCUT2D eigenvalue weighted by Gasteiger charge is 2.23. The molecule has 8 heavy (non-hydrogen) atoms. The summed E-state index contributed by atoms with van der Waals surface area (Å²) in [6, 6.07) is 0. The molecule has 1 aliphatic rings. The maximum absolute atomic E-state index is 9.11. The van der Waals surface area contributed by atoms with Crippen LogP contribution < -0.4 is 0 Å². The second kappa shape index (κ2) is 2.46. The van der Waals surface area contributed by atoms with Gasteiger partial charge in [0.15, 0.2) is 0 Å². The summed E-state index contributed by atoms with van der Waals surface area (Å²) in [5, 5.41) is 9.11. The van der Waals surface area contributed by atoms with Crippen molar-refractivity contribution in [2.45, 2.75) is 32.0 Å². The molecule has 1 unspecified atom stereocenters. The highest BCUT2D eigenvalue weighted by Crippen LogP contribution is 2.15. The Kier molecular flexibility index (Phi) is 1.47. The summed E-state index contributed by atoms with van der Waals surface area (Å²) in [4.78, 5) is 0. The van der Waals surface area contributed by atoms with Crippen molar-refractivity contribution in [3.8, 4) is 0 Å². The van der Waals surface area contributed by atoms with E-state index in [0.29, 0.717) is 6.42 Å². The molecule has 0 radical (unpaired) electrons. The Morgan fingerprint density at radius 3 is 3.00 bits per heavy atom. The Bertz CT molecular complexity index is 97.1. The van der Waals surface area contributed by atoms with Gasteiger partial charge in [0.25, 0.3) is 0 Å². The van der Waals surface area contributed by atoms with Crippen LogP contribution in [0.25, 0.3) is 0 Å². The molecular weight excluding hydrogens is 104 g/mol. The molecule has 1 aliphatic heterocycles. The molecule has 1 rings (SSSR count). The van der Waals surface area contributed by atoms with E-state index in [1.807, 2.05) is 6.92 Å². The molecule has 0 saturated carbocycles. The number of hydrogen-bond acceptors (Lipinski definition) is 2. The zero-order valence-corrected chi connectivity index (χ0v) is 5.00. The highest BCUT2D eigenvalue weighted by atomic mass is 16.5. The van der Waals surface area contributed by atoms with Crippen LogP contribution in [0.5, 0.6) is 0 Å². The minimum absolute atomic E-state index is 0.0903. The van der Waals surface area contributed by atoms with Crippen molar-refractivity contribution in [1.82, 2.24) is 0 Å². The second-order valence-corrected chi connectivity index (χ2v) is 2.05. The van der Waals surface area contributed by atoms with Crippen molar-refractivity contribution in [3.63, 3.8) is 0 Å². The first-order valence-electron chi connectivity index (χ1n) is 3.57. The molecule has 0 aromatic heterocycles. The molecule has 0 spiro atoms. The second-order valence-electron chi connectivity index (χ2n) is 2.05. The first kappa shape index (κ1) is 4.77. The van der Waals surface area contributed by atoms with Gasteiger partial charge < -0.3 is 9.84 Å². The van der Waals surface area contributed by atoms with E-state index in [1.54, 1.807) is 0 Å². The van der Waals surface area contributed by atoms with Gasteiger partial charge in [0.2, 0.25) is 0 Å². The van der Waals surface area contributed by atoms with Crippen LogP contribution in [0, 0.1) is 0 Å². The topological polar surface area (TPSA) is 29.5 Å². The van der Waals surface area contributed by atoms with Crippen molar-refractivity contribution in [2.24, 2.45) is 0 Å². The first-order valence-corrected chi connectivity index (χ1v) is 2.99. The zero-order chi connectivity index (χ0) is 6.85. The molecule has 1 saturated heterocycles. The van der Waals surface area contributed by atoms with Crippen molar-refractivity contribution < 1.29 is 11.2 Å². The van der Waals surface area contributed by atoms with E-state index in [9.17, 15) is 0 Å². The lowest BCUT2D eigenvalue weighted by Gasteiger charge is -2.08. The van der Waals surface area contributed by atoms with Gasteiger partial charge in [-0.25, -0.2) is 0 Å². The Labute approximate surface area is 50.9 Å². The number of ether oxygens (including phenoxy) is 1. The Balaban J connectivity index is 2.38. The lowest BCUT2D eigenvalue weighted by Crippen LogP contribution is -2.18. The van der Waals surface area contributed by atoms with E-state index in [1.165, 1.54) is 0 Å². The van der Waals surface area contributed by atoms with E-state index in [0.717, 1.165) is 6.42 Å². The molecule has 1 heterocycles. The van der Waals surface area contributed by atoms with Gasteiger partial charge >= 0.3 is 0 Å². The van der Waals surface area contributed by atoms with E-state index in [2.05, 4.69) is 0 Å². The van der Waals surface area contributed by atoms with Crippen LogP contribution in [0.1, 0.15) is 21.1 Å². The van der Waals surface area contributed by atoms with Crippen LogP contribution in [0.2, 0.25) is 0 Å². The number of hydrogen-bond donors (Lipinski definition) is 1. The van der Waals surface area contributed by atoms with Crippen LogP contribution in [-0.2, 0) is 4.74 Å². The van der Waals surface area contributed by atoms with Gasteiger partial charge in [0, 0.05) is 6.58 Å². The Morgan fingerprint density at radius 1 is 2.00 bits per heavy atom. The van der Waals surface area contributed by atoms with Crippen molar-refractivity contribution >= 4 is 0 Å². The van der Waals surface area contributed by atoms with Crippen molar-refractivity contribution in [1.29, 1.82) is 0 Å². The van der Waals surface area contributed by atoms with E-state index >= 15 is 0 Å². The van der Waals surface area contributed by atoms with Crippen molar-refractivity contribution in [2.75, 3.05) is 6.58 Å². The summed E-state index contributed by atoms with van der Waals surface area (Å²) >= 11 is 0. The van der Waals surface area contributed by atoms with E-state index in [-0.39, 0.29) is 6.10 Å². The van der Waals surface area contributed by atoms with E-state index < -0.39 is 12.7 Å². The number of aliphatic hydroxyl groups excluding tert-OH is 1. The molecule has 0 amide bonds. The SMILES string of the molecule is [3H][C@H]1CC(O)[C@@H](CC)O1. The minimum Gasteiger partial charge on any atom is -0.390 e. The quantitative estimate of drug-likeness (QED) is 0.544.